The summed E-state index contributed by atoms with van der Waals surface area (Å²) in [5.74, 6) is 1.67. The number of methoxy groups -OCH3 is 1. The molecule has 0 radical (unpaired) electrons. The van der Waals surface area contributed by atoms with Gasteiger partial charge in [-0.05, 0) is 53.8 Å². The predicted octanol–water partition coefficient (Wildman–Crippen LogP) is 5.85. The van der Waals surface area contributed by atoms with Crippen molar-refractivity contribution in [3.05, 3.63) is 52.0 Å². The van der Waals surface area contributed by atoms with Gasteiger partial charge >= 0.3 is 0 Å². The van der Waals surface area contributed by atoms with Gasteiger partial charge in [-0.25, -0.2) is 5.43 Å². The van der Waals surface area contributed by atoms with Crippen LogP contribution in [0.1, 0.15) is 58.1 Å². The Hall–Kier alpha value is -2.54. The first kappa shape index (κ1) is 25.7. The molecule has 32 heavy (non-hydrogen) atoms. The third kappa shape index (κ3) is 8.19. The monoisotopic (exact) mass is 504 g/mol. The van der Waals surface area contributed by atoms with E-state index in [0.717, 1.165) is 34.9 Å². The van der Waals surface area contributed by atoms with Crippen molar-refractivity contribution in [2.75, 3.05) is 20.3 Å². The van der Waals surface area contributed by atoms with Gasteiger partial charge in [-0.2, -0.15) is 5.10 Å². The Morgan fingerprint density at radius 1 is 1.06 bits per heavy atom. The molecule has 0 saturated carbocycles. The molecule has 2 rings (SSSR count). The van der Waals surface area contributed by atoms with Gasteiger partial charge in [0.1, 0.15) is 5.75 Å². The van der Waals surface area contributed by atoms with Gasteiger partial charge in [0.15, 0.2) is 18.1 Å². The second kappa shape index (κ2) is 12.5. The molecule has 2 aromatic rings. The number of hydrogen-bond donors (Lipinski definition) is 1. The molecule has 0 saturated heterocycles. The second-order valence-corrected chi connectivity index (χ2v) is 9.35. The lowest BCUT2D eigenvalue weighted by atomic mass is 9.86. The number of carbonyl (C=O) groups excluding carboxylic acids is 1. The van der Waals surface area contributed by atoms with Crippen molar-refractivity contribution in [3.8, 4) is 17.2 Å². The molecular formula is C25H33BrN2O4. The Balaban J connectivity index is 1.91. The number of halogens is 1. The highest BCUT2D eigenvalue weighted by molar-refractivity contribution is 9.10. The summed E-state index contributed by atoms with van der Waals surface area (Å²) in [4.78, 5) is 12.2. The topological polar surface area (TPSA) is 69.2 Å². The fraction of sp³-hybridized carbons (Fsp3) is 0.440. The molecule has 0 aliphatic heterocycles. The zero-order valence-corrected chi connectivity index (χ0v) is 21.1. The van der Waals surface area contributed by atoms with Crippen LogP contribution in [0.4, 0.5) is 0 Å². The minimum Gasteiger partial charge on any atom is -0.493 e. The number of rotatable bonds is 11. The normalized spacial score (nSPS) is 11.4. The summed E-state index contributed by atoms with van der Waals surface area (Å²) >= 11 is 3.49. The molecule has 0 aliphatic rings. The van der Waals surface area contributed by atoms with Gasteiger partial charge in [-0.15, -0.1) is 0 Å². The lowest BCUT2D eigenvalue weighted by Crippen LogP contribution is -2.25. The maximum absolute atomic E-state index is 12.2. The molecule has 0 aliphatic carbocycles. The first-order valence-electron chi connectivity index (χ1n) is 10.8. The van der Waals surface area contributed by atoms with Gasteiger partial charge in [0, 0.05) is 10.0 Å². The number of hydrogen-bond acceptors (Lipinski definition) is 5. The zero-order valence-electron chi connectivity index (χ0n) is 19.5. The number of nitrogens with zero attached hydrogens (tertiary/aromatic N) is 1. The van der Waals surface area contributed by atoms with Crippen molar-refractivity contribution in [3.63, 3.8) is 0 Å². The lowest BCUT2D eigenvalue weighted by molar-refractivity contribution is -0.123. The minimum absolute atomic E-state index is 0.112. The maximum Gasteiger partial charge on any atom is 0.277 e. The number of benzene rings is 2. The van der Waals surface area contributed by atoms with Crippen LogP contribution in [0, 0.1) is 0 Å². The standard InChI is InChI=1S/C25H33BrN2O4/c1-6-7-8-13-31-22-11-9-18(14-23(22)30-5)16-27-28-24(29)17-32-21-12-10-19(26)15-20(21)25(2,3)4/h9-12,14-16H,6-8,13,17H2,1-5H3,(H,28,29)/b27-16+. The van der Waals surface area contributed by atoms with E-state index in [1.807, 2.05) is 36.4 Å². The van der Waals surface area contributed by atoms with Crippen LogP contribution in [0.3, 0.4) is 0 Å². The summed E-state index contributed by atoms with van der Waals surface area (Å²) in [5, 5.41) is 4.02. The predicted molar refractivity (Wildman–Crippen MR) is 132 cm³/mol. The molecule has 1 N–H and O–H groups in total. The average molecular weight is 505 g/mol. The summed E-state index contributed by atoms with van der Waals surface area (Å²) in [6.45, 7) is 8.98. The molecule has 1 amide bonds. The molecular weight excluding hydrogens is 472 g/mol. The van der Waals surface area contributed by atoms with Crippen LogP contribution in [0.2, 0.25) is 0 Å². The SMILES string of the molecule is CCCCCOc1ccc(/C=N/NC(=O)COc2ccc(Br)cc2C(C)(C)C)cc1OC. The summed E-state index contributed by atoms with van der Waals surface area (Å²) < 4.78 is 17.9. The van der Waals surface area contributed by atoms with Gasteiger partial charge < -0.3 is 14.2 Å². The molecule has 0 aromatic heterocycles. The van der Waals surface area contributed by atoms with E-state index < -0.39 is 0 Å². The Kier molecular flexibility index (Phi) is 10.0. The number of ether oxygens (including phenoxy) is 3. The van der Waals surface area contributed by atoms with E-state index in [1.165, 1.54) is 0 Å². The first-order chi connectivity index (χ1) is 15.2. The smallest absolute Gasteiger partial charge is 0.277 e. The first-order valence-corrected chi connectivity index (χ1v) is 11.6. The fourth-order valence-electron chi connectivity index (χ4n) is 2.99. The van der Waals surface area contributed by atoms with E-state index in [0.29, 0.717) is 23.9 Å². The summed E-state index contributed by atoms with van der Waals surface area (Å²) in [6, 6.07) is 11.3. The molecule has 174 valence electrons. The van der Waals surface area contributed by atoms with E-state index in [2.05, 4.69) is 54.2 Å². The highest BCUT2D eigenvalue weighted by Gasteiger charge is 2.20. The molecule has 0 spiro atoms. The lowest BCUT2D eigenvalue weighted by Gasteiger charge is -2.23. The molecule has 0 heterocycles. The third-order valence-corrected chi connectivity index (χ3v) is 5.20. The van der Waals surface area contributed by atoms with E-state index in [1.54, 1.807) is 13.3 Å². The zero-order chi connectivity index (χ0) is 23.6. The molecule has 7 heteroatoms. The third-order valence-electron chi connectivity index (χ3n) is 4.70. The van der Waals surface area contributed by atoms with E-state index in [4.69, 9.17) is 14.2 Å². The Labute approximate surface area is 199 Å². The van der Waals surface area contributed by atoms with Crippen molar-refractivity contribution in [2.45, 2.75) is 52.4 Å². The van der Waals surface area contributed by atoms with Crippen molar-refractivity contribution in [1.82, 2.24) is 5.43 Å². The minimum atomic E-state index is -0.341. The summed E-state index contributed by atoms with van der Waals surface area (Å²) in [5.41, 5.74) is 4.19. The number of unbranched alkanes of at least 4 members (excludes halogenated alkanes) is 2. The van der Waals surface area contributed by atoms with Crippen LogP contribution in [-0.2, 0) is 10.2 Å². The molecule has 0 fully saturated rings. The van der Waals surface area contributed by atoms with Gasteiger partial charge in [-0.1, -0.05) is 56.5 Å². The van der Waals surface area contributed by atoms with Crippen LogP contribution >= 0.6 is 15.9 Å². The molecule has 0 atom stereocenters. The van der Waals surface area contributed by atoms with Crippen molar-refractivity contribution in [1.29, 1.82) is 0 Å². The number of carbonyl (C=O) groups is 1. The van der Waals surface area contributed by atoms with Gasteiger partial charge in [0.2, 0.25) is 0 Å². The van der Waals surface area contributed by atoms with E-state index in [-0.39, 0.29) is 17.9 Å². The van der Waals surface area contributed by atoms with Crippen molar-refractivity contribution in [2.24, 2.45) is 5.10 Å². The molecule has 0 bridgehead atoms. The second-order valence-electron chi connectivity index (χ2n) is 8.44. The Bertz CT molecular complexity index is 923. The maximum atomic E-state index is 12.2. The highest BCUT2D eigenvalue weighted by Crippen LogP contribution is 2.33. The quantitative estimate of drug-likeness (QED) is 0.236. The van der Waals surface area contributed by atoms with Crippen molar-refractivity contribution < 1.29 is 19.0 Å². The Morgan fingerprint density at radius 2 is 1.81 bits per heavy atom. The molecule has 2 aromatic carbocycles. The fourth-order valence-corrected chi connectivity index (χ4v) is 3.35. The largest absolute Gasteiger partial charge is 0.493 e. The van der Waals surface area contributed by atoms with Crippen LogP contribution < -0.4 is 19.6 Å². The van der Waals surface area contributed by atoms with Crippen LogP contribution in [-0.4, -0.2) is 32.4 Å². The van der Waals surface area contributed by atoms with Crippen LogP contribution in [0.15, 0.2) is 46.0 Å². The molecule has 6 nitrogen and oxygen atoms in total. The molecule has 0 unspecified atom stereocenters. The average Bonchev–Trinajstić information content (AvgIpc) is 2.75. The van der Waals surface area contributed by atoms with Gasteiger partial charge in [0.05, 0.1) is 19.9 Å². The van der Waals surface area contributed by atoms with Crippen LogP contribution in [0.25, 0.3) is 0 Å². The Morgan fingerprint density at radius 3 is 2.50 bits per heavy atom. The summed E-state index contributed by atoms with van der Waals surface area (Å²) in [7, 11) is 1.60. The van der Waals surface area contributed by atoms with Gasteiger partial charge in [-0.3, -0.25) is 4.79 Å². The summed E-state index contributed by atoms with van der Waals surface area (Å²) in [6.07, 6.45) is 4.85. The number of amides is 1. The number of hydrazone groups is 1. The number of nitrogens with one attached hydrogen (secondary N) is 1. The van der Waals surface area contributed by atoms with Gasteiger partial charge in [0.25, 0.3) is 5.91 Å². The van der Waals surface area contributed by atoms with Crippen LogP contribution in [0.5, 0.6) is 17.2 Å². The van der Waals surface area contributed by atoms with E-state index in [9.17, 15) is 4.79 Å². The van der Waals surface area contributed by atoms with Crippen molar-refractivity contribution >= 4 is 28.1 Å². The highest BCUT2D eigenvalue weighted by atomic mass is 79.9. The van der Waals surface area contributed by atoms with E-state index >= 15 is 0 Å².